The van der Waals surface area contributed by atoms with E-state index >= 15 is 0 Å². The molecule has 0 radical (unpaired) electrons. The summed E-state index contributed by atoms with van der Waals surface area (Å²) in [5.41, 5.74) is 3.26. The Morgan fingerprint density at radius 3 is 2.83 bits per heavy atom. The number of nitrogens with zero attached hydrogens (tertiary/aromatic N) is 2. The number of halogens is 3. The first-order valence-electron chi connectivity index (χ1n) is 8.85. The molecule has 3 aromatic rings. The molecule has 0 aliphatic heterocycles. The number of pyridine rings is 1. The topological polar surface area (TPSA) is 66.6 Å². The second-order valence-electron chi connectivity index (χ2n) is 6.48. The predicted octanol–water partition coefficient (Wildman–Crippen LogP) is 4.01. The zero-order chi connectivity index (χ0) is 21.0. The summed E-state index contributed by atoms with van der Waals surface area (Å²) in [6.07, 6.45) is -3.43. The Morgan fingerprint density at radius 2 is 2.10 bits per heavy atom. The van der Waals surface area contributed by atoms with Gasteiger partial charge in [0.25, 0.3) is 0 Å². The van der Waals surface area contributed by atoms with Gasteiger partial charge in [-0.05, 0) is 31.2 Å². The minimum absolute atomic E-state index is 0.407. The highest BCUT2D eigenvalue weighted by atomic mass is 19.4. The van der Waals surface area contributed by atoms with E-state index in [0.29, 0.717) is 16.9 Å². The van der Waals surface area contributed by atoms with Crippen LogP contribution in [0.1, 0.15) is 25.3 Å². The van der Waals surface area contributed by atoms with E-state index in [1.54, 1.807) is 49.6 Å². The van der Waals surface area contributed by atoms with Crippen molar-refractivity contribution in [3.8, 4) is 23.1 Å². The van der Waals surface area contributed by atoms with Crippen LogP contribution < -0.4 is 5.32 Å². The molecule has 0 fully saturated rings. The predicted molar refractivity (Wildman–Crippen MR) is 103 cm³/mol. The first-order chi connectivity index (χ1) is 13.7. The van der Waals surface area contributed by atoms with Crippen LogP contribution in [-0.4, -0.2) is 32.7 Å². The molecular weight excluding hydrogens is 383 g/mol. The summed E-state index contributed by atoms with van der Waals surface area (Å²) in [7, 11) is 0. The lowest BCUT2D eigenvalue weighted by molar-refractivity contribution is -0.142. The molecule has 2 N–H and O–H groups in total. The molecule has 8 heteroatoms. The molecule has 0 aliphatic rings. The zero-order valence-corrected chi connectivity index (χ0v) is 15.5. The molecule has 1 unspecified atom stereocenters. The summed E-state index contributed by atoms with van der Waals surface area (Å²) in [6, 6.07) is 10.4. The van der Waals surface area contributed by atoms with Crippen molar-refractivity contribution >= 4 is 17.2 Å². The van der Waals surface area contributed by atoms with Gasteiger partial charge in [-0.15, -0.1) is 0 Å². The number of hydrogen-bond donors (Lipinski definition) is 2. The van der Waals surface area contributed by atoms with E-state index in [0.717, 1.165) is 11.3 Å². The van der Waals surface area contributed by atoms with Crippen molar-refractivity contribution in [3.63, 3.8) is 0 Å². The average Bonchev–Trinajstić information content (AvgIpc) is 3.07. The molecule has 1 aromatic carbocycles. The maximum atomic E-state index is 12.3. The van der Waals surface area contributed by atoms with Crippen LogP contribution in [0.5, 0.6) is 0 Å². The quantitative estimate of drug-likeness (QED) is 0.649. The van der Waals surface area contributed by atoms with E-state index in [-0.39, 0.29) is 0 Å². The Hall–Kier alpha value is -3.31. The highest BCUT2D eigenvalue weighted by Gasteiger charge is 2.27. The molecule has 3 rings (SSSR count). The molecule has 150 valence electrons. The van der Waals surface area contributed by atoms with Gasteiger partial charge in [-0.1, -0.05) is 24.0 Å². The molecule has 2 aromatic heterocycles. The summed E-state index contributed by atoms with van der Waals surface area (Å²) < 4.78 is 38.6. The molecule has 0 saturated heterocycles. The van der Waals surface area contributed by atoms with Crippen molar-refractivity contribution in [2.45, 2.75) is 32.0 Å². The largest absolute Gasteiger partial charge is 0.389 e. The first-order valence-corrected chi connectivity index (χ1v) is 8.85. The number of nitrogens with one attached hydrogen (secondary N) is 1. The number of hydrogen-bond acceptors (Lipinski definition) is 3. The van der Waals surface area contributed by atoms with Crippen LogP contribution >= 0.6 is 0 Å². The van der Waals surface area contributed by atoms with Crippen LogP contribution in [-0.2, 0) is 4.79 Å². The maximum Gasteiger partial charge on any atom is 0.389 e. The van der Waals surface area contributed by atoms with Crippen molar-refractivity contribution in [2.75, 3.05) is 5.32 Å². The third kappa shape index (κ3) is 5.59. The summed E-state index contributed by atoms with van der Waals surface area (Å²) in [5.74, 6) is 4.83. The fraction of sp³-hybridized carbons (Fsp3) is 0.238. The monoisotopic (exact) mass is 401 g/mol. The number of imidazole rings is 1. The number of fused-ring (bicyclic) bond motifs is 1. The van der Waals surface area contributed by atoms with Crippen molar-refractivity contribution in [3.05, 3.63) is 54.4 Å². The number of carbonyl (C=O) groups is 1. The van der Waals surface area contributed by atoms with E-state index in [2.05, 4.69) is 22.1 Å². The lowest BCUT2D eigenvalue weighted by Crippen LogP contribution is -2.16. The molecule has 29 heavy (non-hydrogen) atoms. The molecule has 1 amide bonds. The molecule has 0 bridgehead atoms. The van der Waals surface area contributed by atoms with Crippen molar-refractivity contribution < 1.29 is 23.1 Å². The second kappa shape index (κ2) is 8.37. The third-order valence-corrected chi connectivity index (χ3v) is 4.02. The van der Waals surface area contributed by atoms with Crippen LogP contribution in [0.15, 0.2) is 48.8 Å². The number of aliphatic hydroxyl groups excluding tert-OH is 1. The van der Waals surface area contributed by atoms with Gasteiger partial charge in [0.05, 0.1) is 18.3 Å². The van der Waals surface area contributed by atoms with Crippen LogP contribution in [0, 0.1) is 11.8 Å². The van der Waals surface area contributed by atoms with Gasteiger partial charge < -0.3 is 10.4 Å². The van der Waals surface area contributed by atoms with E-state index in [1.165, 1.54) is 0 Å². The lowest BCUT2D eigenvalue weighted by atomic mass is 10.1. The first kappa shape index (κ1) is 20.4. The molecule has 2 heterocycles. The molecule has 0 spiro atoms. The number of carbonyl (C=O) groups excluding carboxylic acids is 1. The molecule has 0 aliphatic carbocycles. The zero-order valence-electron chi connectivity index (χ0n) is 15.5. The number of anilines is 1. The van der Waals surface area contributed by atoms with Gasteiger partial charge in [0, 0.05) is 29.4 Å². The Morgan fingerprint density at radius 1 is 1.31 bits per heavy atom. The number of amides is 1. The van der Waals surface area contributed by atoms with E-state index in [9.17, 15) is 23.1 Å². The van der Waals surface area contributed by atoms with Crippen molar-refractivity contribution in [2.24, 2.45) is 0 Å². The van der Waals surface area contributed by atoms with Crippen molar-refractivity contribution in [1.82, 2.24) is 9.38 Å². The fourth-order valence-electron chi connectivity index (χ4n) is 2.69. The summed E-state index contributed by atoms with van der Waals surface area (Å²) in [5, 5.41) is 11.8. The summed E-state index contributed by atoms with van der Waals surface area (Å²) in [6.45, 7) is 1.58. The lowest BCUT2D eigenvalue weighted by Gasteiger charge is -2.09. The Bertz CT molecular complexity index is 1090. The number of rotatable bonds is 4. The normalized spacial score (nSPS) is 12.3. The molecule has 0 saturated carbocycles. The fourth-order valence-corrected chi connectivity index (χ4v) is 2.69. The standard InChI is InChI=1S/C21H18F3N3O2/c1-14(28)5-6-15-8-10-27-18(13-25-19(27)11-15)16-3-2-4-17(12-16)26-20(29)7-9-21(22,23)24/h2-4,8,10-14,28H,7,9H2,1H3,(H,26,29). The third-order valence-electron chi connectivity index (χ3n) is 4.02. The van der Waals surface area contributed by atoms with Gasteiger partial charge >= 0.3 is 6.18 Å². The highest BCUT2D eigenvalue weighted by Crippen LogP contribution is 2.25. The highest BCUT2D eigenvalue weighted by molar-refractivity contribution is 5.91. The van der Waals surface area contributed by atoms with E-state index in [4.69, 9.17) is 0 Å². The number of aliphatic hydroxyl groups is 1. The van der Waals surface area contributed by atoms with Gasteiger partial charge in [0.2, 0.25) is 5.91 Å². The Balaban J connectivity index is 1.81. The number of alkyl halides is 3. The smallest absolute Gasteiger partial charge is 0.381 e. The molecule has 1 atom stereocenters. The van der Waals surface area contributed by atoms with Crippen LogP contribution in [0.2, 0.25) is 0 Å². The Labute approximate surface area is 165 Å². The van der Waals surface area contributed by atoms with Gasteiger partial charge in [0.15, 0.2) is 0 Å². The summed E-state index contributed by atoms with van der Waals surface area (Å²) >= 11 is 0. The van der Waals surface area contributed by atoms with E-state index < -0.39 is 31.0 Å². The average molecular weight is 401 g/mol. The van der Waals surface area contributed by atoms with Gasteiger partial charge in [0.1, 0.15) is 11.8 Å². The van der Waals surface area contributed by atoms with E-state index in [1.807, 2.05) is 10.5 Å². The number of aromatic nitrogens is 2. The molecular formula is C21H18F3N3O2. The minimum Gasteiger partial charge on any atom is -0.381 e. The number of benzene rings is 1. The summed E-state index contributed by atoms with van der Waals surface area (Å²) in [4.78, 5) is 16.1. The van der Waals surface area contributed by atoms with Crippen LogP contribution in [0.25, 0.3) is 16.9 Å². The SMILES string of the molecule is CC(O)C#Cc1ccn2c(-c3cccc(NC(=O)CCC(F)(F)F)c3)cnc2c1. The van der Waals surface area contributed by atoms with Gasteiger partial charge in [-0.2, -0.15) is 13.2 Å². The Kier molecular flexibility index (Phi) is 5.89. The minimum atomic E-state index is -4.37. The van der Waals surface area contributed by atoms with Crippen molar-refractivity contribution in [1.29, 1.82) is 0 Å². The van der Waals surface area contributed by atoms with Crippen LogP contribution in [0.3, 0.4) is 0 Å². The van der Waals surface area contributed by atoms with Gasteiger partial charge in [-0.3, -0.25) is 9.20 Å². The second-order valence-corrected chi connectivity index (χ2v) is 6.48. The van der Waals surface area contributed by atoms with Crippen LogP contribution in [0.4, 0.5) is 18.9 Å². The van der Waals surface area contributed by atoms with Gasteiger partial charge in [-0.25, -0.2) is 4.98 Å². The molecule has 5 nitrogen and oxygen atoms in total. The maximum absolute atomic E-state index is 12.3.